The van der Waals surface area contributed by atoms with E-state index in [9.17, 15) is 9.59 Å². The summed E-state index contributed by atoms with van der Waals surface area (Å²) in [6.07, 6.45) is 10.5. The first-order chi connectivity index (χ1) is 11.2. The van der Waals surface area contributed by atoms with Crippen molar-refractivity contribution in [1.82, 2.24) is 14.3 Å². The number of hydrogen-bond donors (Lipinski definition) is 0. The lowest BCUT2D eigenvalue weighted by Gasteiger charge is -2.24. The van der Waals surface area contributed by atoms with Crippen LogP contribution in [-0.2, 0) is 0 Å². The zero-order valence-electron chi connectivity index (χ0n) is 13.6. The van der Waals surface area contributed by atoms with Crippen LogP contribution in [0.1, 0.15) is 48.9 Å². The average molecular weight is 313 g/mol. The van der Waals surface area contributed by atoms with Crippen molar-refractivity contribution in [2.24, 2.45) is 5.92 Å². The van der Waals surface area contributed by atoms with Gasteiger partial charge in [0.1, 0.15) is 11.2 Å². The highest BCUT2D eigenvalue weighted by molar-refractivity contribution is 5.93. The van der Waals surface area contributed by atoms with Gasteiger partial charge in [0.15, 0.2) is 0 Å². The fraction of sp³-hybridized carbons (Fsp3) is 0.500. The molecule has 1 saturated carbocycles. The molecule has 0 N–H and O–H groups in total. The van der Waals surface area contributed by atoms with Crippen LogP contribution < -0.4 is 5.56 Å². The fourth-order valence-electron chi connectivity index (χ4n) is 3.33. The quantitative estimate of drug-likeness (QED) is 0.872. The first kappa shape index (κ1) is 15.7. The van der Waals surface area contributed by atoms with Gasteiger partial charge in [0.25, 0.3) is 11.5 Å². The van der Waals surface area contributed by atoms with Crippen molar-refractivity contribution in [3.05, 3.63) is 46.5 Å². The lowest BCUT2D eigenvalue weighted by molar-refractivity contribution is 0.0781. The zero-order valence-corrected chi connectivity index (χ0v) is 13.6. The molecule has 5 nitrogen and oxygen atoms in total. The number of carbonyl (C=O) groups is 1. The van der Waals surface area contributed by atoms with Crippen LogP contribution in [0.4, 0.5) is 0 Å². The van der Waals surface area contributed by atoms with Crippen molar-refractivity contribution in [3.8, 4) is 0 Å². The molecule has 0 unspecified atom stereocenters. The maximum absolute atomic E-state index is 12.6. The van der Waals surface area contributed by atoms with Crippen LogP contribution in [0.25, 0.3) is 5.65 Å². The lowest BCUT2D eigenvalue weighted by atomic mass is 9.87. The minimum absolute atomic E-state index is 0.139. The predicted molar refractivity (Wildman–Crippen MR) is 89.6 cm³/mol. The van der Waals surface area contributed by atoms with Gasteiger partial charge < -0.3 is 4.90 Å². The molecule has 0 bridgehead atoms. The lowest BCUT2D eigenvalue weighted by Crippen LogP contribution is -2.34. The Morgan fingerprint density at radius 3 is 2.87 bits per heavy atom. The summed E-state index contributed by atoms with van der Waals surface area (Å²) in [6, 6.07) is 5.33. The molecule has 2 heterocycles. The average Bonchev–Trinajstić information content (AvgIpc) is 2.60. The molecule has 3 rings (SSSR count). The smallest absolute Gasteiger partial charge is 0.270 e. The van der Waals surface area contributed by atoms with E-state index in [-0.39, 0.29) is 17.0 Å². The van der Waals surface area contributed by atoms with Crippen LogP contribution >= 0.6 is 0 Å². The molecular formula is C18H23N3O2. The first-order valence-corrected chi connectivity index (χ1v) is 8.38. The highest BCUT2D eigenvalue weighted by Crippen LogP contribution is 2.26. The van der Waals surface area contributed by atoms with E-state index in [1.165, 1.54) is 42.7 Å². The molecule has 0 radical (unpaired) electrons. The number of amides is 1. The summed E-state index contributed by atoms with van der Waals surface area (Å²) in [5.41, 5.74) is 0.392. The molecule has 0 atom stereocenters. The maximum atomic E-state index is 12.6. The van der Waals surface area contributed by atoms with E-state index in [1.54, 1.807) is 30.3 Å². The Labute approximate surface area is 136 Å². The van der Waals surface area contributed by atoms with Crippen molar-refractivity contribution in [3.63, 3.8) is 0 Å². The van der Waals surface area contributed by atoms with Crippen LogP contribution in [0.2, 0.25) is 0 Å². The van der Waals surface area contributed by atoms with Gasteiger partial charge in [-0.2, -0.15) is 0 Å². The number of nitrogens with zero attached hydrogens (tertiary/aromatic N) is 3. The Kier molecular flexibility index (Phi) is 4.74. The summed E-state index contributed by atoms with van der Waals surface area (Å²) < 4.78 is 1.42. The number of carbonyl (C=O) groups excluding carboxylic acids is 1. The van der Waals surface area contributed by atoms with Crippen LogP contribution in [0.5, 0.6) is 0 Å². The Hall–Kier alpha value is -2.17. The van der Waals surface area contributed by atoms with Gasteiger partial charge in [-0.15, -0.1) is 0 Å². The fourth-order valence-corrected chi connectivity index (χ4v) is 3.33. The molecule has 1 aliphatic carbocycles. The largest absolute Gasteiger partial charge is 0.341 e. The van der Waals surface area contributed by atoms with E-state index in [1.807, 2.05) is 6.07 Å². The standard InChI is InChI=1S/C18H23N3O2/c1-20(12-10-14-7-3-2-4-8-14)17(22)15-13-19-16-9-5-6-11-21(16)18(15)23/h5-6,9,11,13-14H,2-4,7-8,10,12H2,1H3. The molecule has 122 valence electrons. The van der Waals surface area contributed by atoms with Crippen LogP contribution in [0, 0.1) is 5.92 Å². The molecule has 2 aromatic heterocycles. The predicted octanol–water partition coefficient (Wildman–Crippen LogP) is 2.74. The third-order valence-corrected chi connectivity index (χ3v) is 4.79. The number of aromatic nitrogens is 2. The Morgan fingerprint density at radius 1 is 1.30 bits per heavy atom. The van der Waals surface area contributed by atoms with E-state index in [0.29, 0.717) is 12.2 Å². The summed E-state index contributed by atoms with van der Waals surface area (Å²) in [4.78, 5) is 30.9. The molecule has 23 heavy (non-hydrogen) atoms. The van der Waals surface area contributed by atoms with E-state index in [0.717, 1.165) is 12.3 Å². The molecule has 0 saturated heterocycles. The molecule has 0 aliphatic heterocycles. The summed E-state index contributed by atoms with van der Waals surface area (Å²) in [7, 11) is 1.77. The van der Waals surface area contributed by atoms with Gasteiger partial charge in [0.05, 0.1) is 0 Å². The van der Waals surface area contributed by atoms with Crippen molar-refractivity contribution >= 4 is 11.6 Å². The van der Waals surface area contributed by atoms with E-state index in [4.69, 9.17) is 0 Å². The third kappa shape index (κ3) is 3.44. The highest BCUT2D eigenvalue weighted by Gasteiger charge is 2.19. The molecule has 2 aromatic rings. The summed E-state index contributed by atoms with van der Waals surface area (Å²) in [6.45, 7) is 0.695. The molecule has 0 spiro atoms. The Balaban J connectivity index is 1.71. The van der Waals surface area contributed by atoms with Gasteiger partial charge in [0, 0.05) is 26.0 Å². The summed E-state index contributed by atoms with van der Waals surface area (Å²) in [5.74, 6) is 0.478. The van der Waals surface area contributed by atoms with Crippen molar-refractivity contribution in [2.45, 2.75) is 38.5 Å². The zero-order chi connectivity index (χ0) is 16.2. The number of fused-ring (bicyclic) bond motifs is 1. The van der Waals surface area contributed by atoms with Crippen LogP contribution in [0.15, 0.2) is 35.4 Å². The highest BCUT2D eigenvalue weighted by atomic mass is 16.2. The second-order valence-corrected chi connectivity index (χ2v) is 6.43. The van der Waals surface area contributed by atoms with Crippen molar-refractivity contribution in [1.29, 1.82) is 0 Å². The summed E-state index contributed by atoms with van der Waals surface area (Å²) >= 11 is 0. The van der Waals surface area contributed by atoms with E-state index < -0.39 is 0 Å². The minimum atomic E-state index is -0.301. The van der Waals surface area contributed by atoms with Gasteiger partial charge in [-0.05, 0) is 24.5 Å². The topological polar surface area (TPSA) is 54.7 Å². The number of rotatable bonds is 4. The number of pyridine rings is 1. The first-order valence-electron chi connectivity index (χ1n) is 8.38. The second-order valence-electron chi connectivity index (χ2n) is 6.43. The number of hydrogen-bond acceptors (Lipinski definition) is 3. The molecule has 1 amide bonds. The van der Waals surface area contributed by atoms with Crippen molar-refractivity contribution < 1.29 is 4.79 Å². The molecule has 5 heteroatoms. The van der Waals surface area contributed by atoms with Gasteiger partial charge in [-0.1, -0.05) is 38.2 Å². The molecule has 0 aromatic carbocycles. The maximum Gasteiger partial charge on any atom is 0.270 e. The van der Waals surface area contributed by atoms with Crippen LogP contribution in [0.3, 0.4) is 0 Å². The van der Waals surface area contributed by atoms with Gasteiger partial charge in [-0.3, -0.25) is 14.0 Å². The van der Waals surface area contributed by atoms with E-state index in [2.05, 4.69) is 4.98 Å². The SMILES string of the molecule is CN(CCC1CCCCC1)C(=O)c1cnc2ccccn2c1=O. The van der Waals surface area contributed by atoms with Gasteiger partial charge in [-0.25, -0.2) is 4.98 Å². The van der Waals surface area contributed by atoms with Crippen molar-refractivity contribution in [2.75, 3.05) is 13.6 Å². The molecule has 1 fully saturated rings. The van der Waals surface area contributed by atoms with E-state index >= 15 is 0 Å². The Bertz CT molecular complexity index is 747. The van der Waals surface area contributed by atoms with Crippen LogP contribution in [-0.4, -0.2) is 33.8 Å². The Morgan fingerprint density at radius 2 is 2.09 bits per heavy atom. The van der Waals surface area contributed by atoms with Gasteiger partial charge in [0.2, 0.25) is 0 Å². The van der Waals surface area contributed by atoms with Gasteiger partial charge >= 0.3 is 0 Å². The second kappa shape index (κ2) is 6.94. The summed E-state index contributed by atoms with van der Waals surface area (Å²) in [5, 5.41) is 0. The third-order valence-electron chi connectivity index (χ3n) is 4.79. The monoisotopic (exact) mass is 313 g/mol. The minimum Gasteiger partial charge on any atom is -0.341 e. The molecular weight excluding hydrogens is 290 g/mol. The molecule has 1 aliphatic rings. The normalized spacial score (nSPS) is 15.7.